The van der Waals surface area contributed by atoms with Gasteiger partial charge in [0.15, 0.2) is 5.69 Å². The molecule has 3 rings (SSSR count). The van der Waals surface area contributed by atoms with Gasteiger partial charge in [-0.1, -0.05) is 42.5 Å². The zero-order valence-electron chi connectivity index (χ0n) is 13.2. The maximum absolute atomic E-state index is 12.3. The Morgan fingerprint density at radius 3 is 2.54 bits per heavy atom. The van der Waals surface area contributed by atoms with Gasteiger partial charge in [0.05, 0.1) is 13.1 Å². The van der Waals surface area contributed by atoms with E-state index in [0.717, 1.165) is 35.6 Å². The van der Waals surface area contributed by atoms with Gasteiger partial charge in [0.25, 0.3) is 0 Å². The molecule has 1 aliphatic rings. The highest BCUT2D eigenvalue weighted by Crippen LogP contribution is 2.14. The first-order valence-corrected chi connectivity index (χ1v) is 7.60. The van der Waals surface area contributed by atoms with Crippen molar-refractivity contribution in [2.75, 3.05) is 13.1 Å². The third kappa shape index (κ3) is 4.43. The number of nitrogens with zero attached hydrogens (tertiary/aromatic N) is 2. The molecule has 1 aliphatic heterocycles. The van der Waals surface area contributed by atoms with Crippen LogP contribution in [0.1, 0.15) is 16.7 Å². The van der Waals surface area contributed by atoms with Crippen LogP contribution in [0.5, 0.6) is 0 Å². The zero-order chi connectivity index (χ0) is 16.1. The smallest absolute Gasteiger partial charge is 0.187 e. The molecule has 0 unspecified atom stereocenters. The maximum Gasteiger partial charge on any atom is 0.187 e. The highest BCUT2D eigenvalue weighted by Gasteiger charge is 2.10. The number of rotatable bonds is 5. The van der Waals surface area contributed by atoms with Gasteiger partial charge in [-0.25, -0.2) is 4.85 Å². The molecule has 2 aromatic rings. The fourth-order valence-electron chi connectivity index (χ4n) is 2.63. The van der Waals surface area contributed by atoms with Gasteiger partial charge in [0.2, 0.25) is 0 Å². The Morgan fingerprint density at radius 2 is 1.88 bits per heavy atom. The average Bonchev–Trinajstić information content (AvgIpc) is 3.10. The molecule has 0 spiro atoms. The third-order valence-electron chi connectivity index (χ3n) is 3.74. The Kier molecular flexibility index (Phi) is 6.11. The van der Waals surface area contributed by atoms with E-state index in [1.165, 1.54) is 0 Å². The Bertz CT molecular complexity index is 791. The molecule has 0 amide bonds. The minimum Gasteiger partial charge on any atom is -0.368 e. The maximum atomic E-state index is 12.3. The van der Waals surface area contributed by atoms with E-state index in [1.807, 2.05) is 36.4 Å². The predicted molar refractivity (Wildman–Crippen MR) is 98.2 cm³/mol. The van der Waals surface area contributed by atoms with Gasteiger partial charge >= 0.3 is 0 Å². The van der Waals surface area contributed by atoms with Gasteiger partial charge < -0.3 is 5.32 Å². The van der Waals surface area contributed by atoms with E-state index in [-0.39, 0.29) is 18.2 Å². The number of ketones is 1. The lowest BCUT2D eigenvalue weighted by atomic mass is 10.0. The molecule has 1 N–H and O–H groups in total. The number of halogens is 1. The van der Waals surface area contributed by atoms with Crippen LogP contribution in [-0.4, -0.2) is 24.7 Å². The molecule has 0 bridgehead atoms. The summed E-state index contributed by atoms with van der Waals surface area (Å²) < 4.78 is 0. The topological polar surface area (TPSA) is 45.8 Å². The lowest BCUT2D eigenvalue weighted by molar-refractivity contribution is -0.117. The van der Waals surface area contributed by atoms with Gasteiger partial charge in [0.1, 0.15) is 11.6 Å². The van der Waals surface area contributed by atoms with E-state index >= 15 is 0 Å². The second kappa shape index (κ2) is 8.28. The Balaban J connectivity index is 0.00000208. The molecule has 0 saturated carbocycles. The van der Waals surface area contributed by atoms with Crippen molar-refractivity contribution in [1.29, 1.82) is 0 Å². The van der Waals surface area contributed by atoms with Crippen molar-refractivity contribution in [2.45, 2.75) is 12.8 Å². The van der Waals surface area contributed by atoms with Crippen LogP contribution in [0.15, 0.2) is 53.5 Å². The number of carbonyl (C=O) groups excluding carboxylic acids is 1. The van der Waals surface area contributed by atoms with E-state index in [9.17, 15) is 4.79 Å². The van der Waals surface area contributed by atoms with E-state index in [1.54, 1.807) is 12.1 Å². The normalized spacial score (nSPS) is 12.5. The van der Waals surface area contributed by atoms with Crippen molar-refractivity contribution in [2.24, 2.45) is 4.99 Å². The summed E-state index contributed by atoms with van der Waals surface area (Å²) >= 11 is 0. The summed E-state index contributed by atoms with van der Waals surface area (Å²) in [6.07, 6.45) is 0.799. The number of hydrogen-bond acceptors (Lipinski definition) is 3. The summed E-state index contributed by atoms with van der Waals surface area (Å²) in [5, 5.41) is 3.24. The Labute approximate surface area is 147 Å². The van der Waals surface area contributed by atoms with Crippen LogP contribution < -0.4 is 5.32 Å². The number of amidine groups is 1. The minimum atomic E-state index is 0. The van der Waals surface area contributed by atoms with Gasteiger partial charge in [-0.15, -0.1) is 12.4 Å². The fraction of sp³-hybridized carbons (Fsp3) is 0.211. The molecule has 24 heavy (non-hydrogen) atoms. The summed E-state index contributed by atoms with van der Waals surface area (Å²) in [5.74, 6) is 1.08. The predicted octanol–water partition coefficient (Wildman–Crippen LogP) is 3.36. The van der Waals surface area contributed by atoms with Crippen molar-refractivity contribution in [3.05, 3.63) is 76.6 Å². The highest BCUT2D eigenvalue weighted by atomic mass is 35.5. The molecular formula is C19H18ClN3O. The highest BCUT2D eigenvalue weighted by molar-refractivity contribution is 6.00. The number of Topliss-reactive ketones (excluding diaryl/α,β-unsaturated/α-hetero) is 1. The molecule has 0 atom stereocenters. The standard InChI is InChI=1S/C19H17N3O.ClH/c1-20-17-7-5-14(6-8-17)12-18(23)13-15-3-2-4-16(11-15)19-21-9-10-22-19;/h2-8,11H,9-10,12-13H2,(H,21,22);1H. The molecule has 2 aromatic carbocycles. The molecule has 0 radical (unpaired) electrons. The molecule has 0 aliphatic carbocycles. The zero-order valence-corrected chi connectivity index (χ0v) is 14.0. The molecule has 1 heterocycles. The SMILES string of the molecule is Cl.[C-]#[N+]c1ccc(CC(=O)Cc2cccc(C3=NCCN3)c2)cc1. The van der Waals surface area contributed by atoms with Crippen molar-refractivity contribution >= 4 is 29.7 Å². The van der Waals surface area contributed by atoms with Crippen LogP contribution in [0.2, 0.25) is 0 Å². The lowest BCUT2D eigenvalue weighted by Gasteiger charge is -2.06. The van der Waals surface area contributed by atoms with Crippen LogP contribution in [0.3, 0.4) is 0 Å². The quantitative estimate of drug-likeness (QED) is 0.849. The van der Waals surface area contributed by atoms with Gasteiger partial charge in [-0.3, -0.25) is 9.79 Å². The Morgan fingerprint density at radius 1 is 1.12 bits per heavy atom. The van der Waals surface area contributed by atoms with E-state index in [4.69, 9.17) is 6.57 Å². The summed E-state index contributed by atoms with van der Waals surface area (Å²) in [7, 11) is 0. The van der Waals surface area contributed by atoms with Gasteiger partial charge in [-0.05, 0) is 17.2 Å². The van der Waals surface area contributed by atoms with E-state index < -0.39 is 0 Å². The summed E-state index contributed by atoms with van der Waals surface area (Å²) in [6.45, 7) is 8.62. The molecule has 0 saturated heterocycles. The monoisotopic (exact) mass is 339 g/mol. The molecule has 0 fully saturated rings. The first kappa shape index (κ1) is 17.7. The van der Waals surface area contributed by atoms with Crippen LogP contribution in [-0.2, 0) is 17.6 Å². The van der Waals surface area contributed by atoms with Crippen LogP contribution in [0, 0.1) is 6.57 Å². The lowest BCUT2D eigenvalue weighted by Crippen LogP contribution is -2.19. The van der Waals surface area contributed by atoms with Crippen molar-refractivity contribution < 1.29 is 4.79 Å². The number of benzene rings is 2. The third-order valence-corrected chi connectivity index (χ3v) is 3.74. The Hall–Kier alpha value is -2.64. The first-order valence-electron chi connectivity index (χ1n) is 7.60. The molecule has 0 aromatic heterocycles. The molecule has 122 valence electrons. The van der Waals surface area contributed by atoms with Crippen LogP contribution in [0.4, 0.5) is 5.69 Å². The summed E-state index contributed by atoms with van der Waals surface area (Å²) in [5.41, 5.74) is 3.58. The number of aliphatic imine (C=N–C) groups is 1. The van der Waals surface area contributed by atoms with E-state index in [2.05, 4.69) is 15.2 Å². The second-order valence-electron chi connectivity index (χ2n) is 5.53. The summed E-state index contributed by atoms with van der Waals surface area (Å²) in [6, 6.07) is 15.2. The van der Waals surface area contributed by atoms with Gasteiger partial charge in [-0.2, -0.15) is 0 Å². The molecule has 4 nitrogen and oxygen atoms in total. The minimum absolute atomic E-state index is 0. The number of carbonyl (C=O) groups is 1. The van der Waals surface area contributed by atoms with E-state index in [0.29, 0.717) is 18.5 Å². The van der Waals surface area contributed by atoms with Crippen molar-refractivity contribution in [3.8, 4) is 0 Å². The largest absolute Gasteiger partial charge is 0.368 e. The summed E-state index contributed by atoms with van der Waals surface area (Å²) in [4.78, 5) is 20.0. The van der Waals surface area contributed by atoms with Crippen LogP contribution in [0.25, 0.3) is 4.85 Å². The molecular weight excluding hydrogens is 322 g/mol. The average molecular weight is 340 g/mol. The number of hydrogen-bond donors (Lipinski definition) is 1. The van der Waals surface area contributed by atoms with Crippen molar-refractivity contribution in [1.82, 2.24) is 5.32 Å². The second-order valence-corrected chi connectivity index (χ2v) is 5.53. The first-order chi connectivity index (χ1) is 11.2. The van der Waals surface area contributed by atoms with Gasteiger partial charge in [0, 0.05) is 24.9 Å². The van der Waals surface area contributed by atoms with Crippen molar-refractivity contribution in [3.63, 3.8) is 0 Å². The van der Waals surface area contributed by atoms with Crippen LogP contribution >= 0.6 is 12.4 Å². The number of nitrogens with one attached hydrogen (secondary N) is 1. The molecule has 5 heteroatoms. The fourth-order valence-corrected chi connectivity index (χ4v) is 2.63.